The number of halogens is 3. The summed E-state index contributed by atoms with van der Waals surface area (Å²) in [5, 5.41) is 0. The zero-order chi connectivity index (χ0) is 14.0. The van der Waals surface area contributed by atoms with Crippen molar-refractivity contribution in [1.29, 1.82) is 0 Å². The molecule has 0 amide bonds. The lowest BCUT2D eigenvalue weighted by Gasteiger charge is -2.16. The van der Waals surface area contributed by atoms with Crippen molar-refractivity contribution in [2.75, 3.05) is 26.4 Å². The first-order valence-corrected chi connectivity index (χ1v) is 6.59. The Morgan fingerprint density at radius 3 is 2.56 bits per heavy atom. The summed E-state index contributed by atoms with van der Waals surface area (Å²) in [5.74, 6) is -0.910. The first kappa shape index (κ1) is 18.0. The highest BCUT2D eigenvalue weighted by molar-refractivity contribution is 6.75. The molecule has 0 fully saturated rings. The van der Waals surface area contributed by atoms with Crippen molar-refractivity contribution in [2.24, 2.45) is 0 Å². The van der Waals surface area contributed by atoms with Crippen molar-refractivity contribution in [1.82, 2.24) is 0 Å². The van der Waals surface area contributed by atoms with Crippen molar-refractivity contribution in [2.45, 2.75) is 23.2 Å². The molecule has 0 aliphatic heterocycles. The lowest BCUT2D eigenvalue weighted by Crippen LogP contribution is -2.26. The Bertz CT molecular complexity index is 253. The molecular formula is C11H17Cl3O4. The number of ether oxygens (including phenoxy) is 3. The van der Waals surface area contributed by atoms with Crippen LogP contribution in [0.4, 0.5) is 0 Å². The number of carbonyl (C=O) groups excluding carboxylic acids is 1. The van der Waals surface area contributed by atoms with Gasteiger partial charge in [-0.25, -0.2) is 4.79 Å². The van der Waals surface area contributed by atoms with E-state index in [9.17, 15) is 4.79 Å². The summed E-state index contributed by atoms with van der Waals surface area (Å²) in [6.07, 6.45) is 2.39. The minimum absolute atomic E-state index is 0.0324. The van der Waals surface area contributed by atoms with Crippen LogP contribution in [0, 0.1) is 0 Å². The zero-order valence-electron chi connectivity index (χ0n) is 10.2. The van der Waals surface area contributed by atoms with Crippen LogP contribution in [0.2, 0.25) is 0 Å². The molecule has 0 aliphatic carbocycles. The number of hydrogen-bond acceptors (Lipinski definition) is 4. The molecule has 0 heterocycles. The van der Waals surface area contributed by atoms with Crippen molar-refractivity contribution >= 4 is 40.8 Å². The van der Waals surface area contributed by atoms with E-state index in [1.807, 2.05) is 6.92 Å². The average molecular weight is 320 g/mol. The van der Waals surface area contributed by atoms with E-state index in [0.717, 1.165) is 6.42 Å². The largest absolute Gasteiger partial charge is 0.460 e. The first-order chi connectivity index (χ1) is 8.41. The van der Waals surface area contributed by atoms with Gasteiger partial charge in [0.25, 0.3) is 3.79 Å². The van der Waals surface area contributed by atoms with Crippen LogP contribution in [0.25, 0.3) is 0 Å². The third-order valence-corrected chi connectivity index (χ3v) is 2.36. The highest BCUT2D eigenvalue weighted by Gasteiger charge is 2.32. The SMILES string of the molecule is C=CCOCC(CC)OCCOC(=O)C(Cl)(Cl)Cl. The van der Waals surface area contributed by atoms with E-state index in [2.05, 4.69) is 6.58 Å². The number of esters is 1. The van der Waals surface area contributed by atoms with E-state index in [0.29, 0.717) is 13.2 Å². The predicted octanol–water partition coefficient (Wildman–Crippen LogP) is 2.90. The van der Waals surface area contributed by atoms with E-state index in [4.69, 9.17) is 49.0 Å². The Balaban J connectivity index is 3.68. The summed E-state index contributed by atoms with van der Waals surface area (Å²) in [5.41, 5.74) is 0. The molecule has 0 aliphatic rings. The molecule has 0 radical (unpaired) electrons. The van der Waals surface area contributed by atoms with Crippen molar-refractivity contribution in [3.63, 3.8) is 0 Å². The molecule has 0 spiro atoms. The van der Waals surface area contributed by atoms with Gasteiger partial charge in [-0.2, -0.15) is 0 Å². The van der Waals surface area contributed by atoms with E-state index in [-0.39, 0.29) is 19.3 Å². The molecule has 1 unspecified atom stereocenters. The number of carbonyl (C=O) groups is 1. The molecule has 0 N–H and O–H groups in total. The highest BCUT2D eigenvalue weighted by Crippen LogP contribution is 2.27. The second-order valence-corrected chi connectivity index (χ2v) is 5.64. The maximum atomic E-state index is 11.1. The molecule has 4 nitrogen and oxygen atoms in total. The summed E-state index contributed by atoms with van der Waals surface area (Å²) < 4.78 is 13.4. The molecule has 0 saturated carbocycles. The maximum absolute atomic E-state index is 11.1. The van der Waals surface area contributed by atoms with Crippen molar-refractivity contribution < 1.29 is 19.0 Å². The van der Waals surface area contributed by atoms with Gasteiger partial charge in [0.1, 0.15) is 6.61 Å². The van der Waals surface area contributed by atoms with Crippen LogP contribution in [-0.4, -0.2) is 42.3 Å². The molecule has 106 valence electrons. The molecule has 0 bridgehead atoms. The molecule has 0 rings (SSSR count). The van der Waals surface area contributed by atoms with Crippen LogP contribution in [-0.2, 0) is 19.0 Å². The summed E-state index contributed by atoms with van der Waals surface area (Å²) in [6.45, 7) is 6.70. The van der Waals surface area contributed by atoms with Gasteiger partial charge in [0, 0.05) is 0 Å². The fourth-order valence-corrected chi connectivity index (χ4v) is 1.16. The maximum Gasteiger partial charge on any atom is 0.358 e. The molecule has 0 aromatic rings. The van der Waals surface area contributed by atoms with Crippen LogP contribution in [0.5, 0.6) is 0 Å². The van der Waals surface area contributed by atoms with Gasteiger partial charge < -0.3 is 14.2 Å². The van der Waals surface area contributed by atoms with Crippen LogP contribution in [0.1, 0.15) is 13.3 Å². The number of rotatable bonds is 9. The number of alkyl halides is 3. The van der Waals surface area contributed by atoms with Gasteiger partial charge in [-0.15, -0.1) is 6.58 Å². The monoisotopic (exact) mass is 318 g/mol. The molecule has 1 atom stereocenters. The molecular weight excluding hydrogens is 302 g/mol. The standard InChI is InChI=1S/C11H17Cl3O4/c1-3-5-16-8-9(4-2)17-6-7-18-10(15)11(12,13)14/h3,9H,1,4-8H2,2H3. The Hall–Kier alpha value is -0.000000000000000111. The fraction of sp³-hybridized carbons (Fsp3) is 0.727. The van der Waals surface area contributed by atoms with E-state index >= 15 is 0 Å². The quantitative estimate of drug-likeness (QED) is 0.284. The van der Waals surface area contributed by atoms with Crippen LogP contribution >= 0.6 is 34.8 Å². The van der Waals surface area contributed by atoms with Gasteiger partial charge in [-0.1, -0.05) is 47.8 Å². The molecule has 7 heteroatoms. The highest BCUT2D eigenvalue weighted by atomic mass is 35.6. The topological polar surface area (TPSA) is 44.8 Å². The van der Waals surface area contributed by atoms with Gasteiger partial charge in [0.15, 0.2) is 0 Å². The molecule has 0 saturated heterocycles. The Morgan fingerprint density at radius 1 is 1.39 bits per heavy atom. The Morgan fingerprint density at radius 2 is 2.06 bits per heavy atom. The van der Waals surface area contributed by atoms with Gasteiger partial charge in [0.2, 0.25) is 0 Å². The molecule has 0 aromatic carbocycles. The zero-order valence-corrected chi connectivity index (χ0v) is 12.4. The van der Waals surface area contributed by atoms with Gasteiger partial charge >= 0.3 is 5.97 Å². The van der Waals surface area contributed by atoms with Crippen LogP contribution in [0.3, 0.4) is 0 Å². The predicted molar refractivity (Wildman–Crippen MR) is 72.3 cm³/mol. The summed E-state index contributed by atoms with van der Waals surface area (Å²) >= 11 is 16.0. The minimum Gasteiger partial charge on any atom is -0.460 e. The Kier molecular flexibility index (Phi) is 9.87. The van der Waals surface area contributed by atoms with Crippen molar-refractivity contribution in [3.8, 4) is 0 Å². The molecule has 18 heavy (non-hydrogen) atoms. The lowest BCUT2D eigenvalue weighted by molar-refractivity contribution is -0.145. The average Bonchev–Trinajstić information content (AvgIpc) is 2.30. The number of hydrogen-bond donors (Lipinski definition) is 0. The third kappa shape index (κ3) is 9.00. The third-order valence-electron chi connectivity index (χ3n) is 1.90. The first-order valence-electron chi connectivity index (χ1n) is 5.46. The summed E-state index contributed by atoms with van der Waals surface area (Å²) in [7, 11) is 0. The van der Waals surface area contributed by atoms with Gasteiger partial charge in [-0.05, 0) is 6.42 Å². The van der Waals surface area contributed by atoms with E-state index < -0.39 is 9.76 Å². The van der Waals surface area contributed by atoms with Gasteiger partial charge in [-0.3, -0.25) is 0 Å². The summed E-state index contributed by atoms with van der Waals surface area (Å²) in [6, 6.07) is 0. The minimum atomic E-state index is -2.04. The summed E-state index contributed by atoms with van der Waals surface area (Å²) in [4.78, 5) is 11.1. The van der Waals surface area contributed by atoms with E-state index in [1.165, 1.54) is 0 Å². The molecule has 0 aromatic heterocycles. The Labute approximate surface area is 122 Å². The fourth-order valence-electron chi connectivity index (χ4n) is 0.998. The van der Waals surface area contributed by atoms with Gasteiger partial charge in [0.05, 0.1) is 25.9 Å². The normalized spacial score (nSPS) is 13.1. The van der Waals surface area contributed by atoms with Crippen LogP contribution in [0.15, 0.2) is 12.7 Å². The van der Waals surface area contributed by atoms with Crippen LogP contribution < -0.4 is 0 Å². The second kappa shape index (κ2) is 9.87. The van der Waals surface area contributed by atoms with E-state index in [1.54, 1.807) is 6.08 Å². The second-order valence-electron chi connectivity index (χ2n) is 3.36. The smallest absolute Gasteiger partial charge is 0.358 e. The van der Waals surface area contributed by atoms with Crippen molar-refractivity contribution in [3.05, 3.63) is 12.7 Å². The lowest BCUT2D eigenvalue weighted by atomic mass is 10.3.